The maximum absolute atomic E-state index is 12.8. The quantitative estimate of drug-likeness (QED) is 0.586. The molecule has 1 aliphatic heterocycles. The Labute approximate surface area is 186 Å². The van der Waals surface area contributed by atoms with Crippen LogP contribution in [-0.2, 0) is 16.6 Å². The number of carbonyl (C=O) groups excluding carboxylic acids is 1. The van der Waals surface area contributed by atoms with E-state index in [1.54, 1.807) is 42.6 Å². The summed E-state index contributed by atoms with van der Waals surface area (Å²) in [6, 6.07) is 20.0. The summed E-state index contributed by atoms with van der Waals surface area (Å²) in [5.74, 6) is -0.222. The van der Waals surface area contributed by atoms with E-state index in [1.807, 2.05) is 30.3 Å². The van der Waals surface area contributed by atoms with Gasteiger partial charge >= 0.3 is 0 Å². The van der Waals surface area contributed by atoms with Crippen LogP contribution in [0.3, 0.4) is 0 Å². The third-order valence-corrected chi connectivity index (χ3v) is 7.99. The summed E-state index contributed by atoms with van der Waals surface area (Å²) >= 11 is 1.44. The van der Waals surface area contributed by atoms with Gasteiger partial charge in [0.15, 0.2) is 0 Å². The lowest BCUT2D eigenvalue weighted by Crippen LogP contribution is -2.28. The summed E-state index contributed by atoms with van der Waals surface area (Å²) < 4.78 is 26.8. The van der Waals surface area contributed by atoms with E-state index < -0.39 is 10.0 Å². The molecule has 0 spiro atoms. The number of hydrogen-bond donors (Lipinski definition) is 1. The number of aromatic nitrogens is 1. The lowest BCUT2D eigenvalue weighted by molar-refractivity contribution is 0.0947. The normalized spacial score (nSPS) is 14.5. The Morgan fingerprint density at radius 1 is 0.968 bits per heavy atom. The Bertz CT molecular complexity index is 1140. The number of rotatable bonds is 7. The number of carbonyl (C=O) groups is 1. The molecule has 0 bridgehead atoms. The van der Waals surface area contributed by atoms with Crippen molar-refractivity contribution in [2.45, 2.75) is 34.2 Å². The fourth-order valence-electron chi connectivity index (χ4n) is 3.38. The van der Waals surface area contributed by atoms with Crippen LogP contribution in [0.2, 0.25) is 0 Å². The lowest BCUT2D eigenvalue weighted by Gasteiger charge is -2.15. The van der Waals surface area contributed by atoms with E-state index in [0.29, 0.717) is 35.1 Å². The van der Waals surface area contributed by atoms with Crippen molar-refractivity contribution in [1.82, 2.24) is 14.6 Å². The number of nitrogens with one attached hydrogen (secondary N) is 1. The van der Waals surface area contributed by atoms with Gasteiger partial charge < -0.3 is 5.32 Å². The molecule has 1 aliphatic rings. The molecule has 0 unspecified atom stereocenters. The average molecular weight is 454 g/mol. The Morgan fingerprint density at radius 3 is 2.39 bits per heavy atom. The highest BCUT2D eigenvalue weighted by molar-refractivity contribution is 7.99. The first-order chi connectivity index (χ1) is 15.0. The number of sulfonamides is 1. The zero-order valence-electron chi connectivity index (χ0n) is 16.9. The van der Waals surface area contributed by atoms with Gasteiger partial charge in [0.25, 0.3) is 5.91 Å². The Morgan fingerprint density at radius 2 is 1.68 bits per heavy atom. The van der Waals surface area contributed by atoms with E-state index in [4.69, 9.17) is 0 Å². The fourth-order valence-corrected chi connectivity index (χ4v) is 5.80. The molecule has 0 saturated carbocycles. The van der Waals surface area contributed by atoms with Gasteiger partial charge in [-0.2, -0.15) is 4.31 Å². The molecule has 2 aromatic carbocycles. The fraction of sp³-hybridized carbons (Fsp3) is 0.217. The zero-order valence-corrected chi connectivity index (χ0v) is 18.5. The minimum atomic E-state index is -3.43. The SMILES string of the molecule is O=C(NCc1ccc(S(=O)(=O)N2CCCC2)cc1)c1cccnc1Sc1ccccc1. The number of nitrogens with zero attached hydrogens (tertiary/aromatic N) is 2. The van der Waals surface area contributed by atoms with Gasteiger partial charge in [-0.15, -0.1) is 0 Å². The van der Waals surface area contributed by atoms with Gasteiger partial charge in [-0.1, -0.05) is 42.1 Å². The Balaban J connectivity index is 1.41. The summed E-state index contributed by atoms with van der Waals surface area (Å²) in [6.07, 6.45) is 3.48. The van der Waals surface area contributed by atoms with Crippen molar-refractivity contribution in [3.63, 3.8) is 0 Å². The summed E-state index contributed by atoms with van der Waals surface area (Å²) in [6.45, 7) is 1.45. The van der Waals surface area contributed by atoms with Gasteiger partial charge in [0.05, 0.1) is 10.5 Å². The van der Waals surface area contributed by atoms with Crippen LogP contribution in [0.15, 0.2) is 87.7 Å². The molecule has 31 heavy (non-hydrogen) atoms. The van der Waals surface area contributed by atoms with E-state index in [2.05, 4.69) is 10.3 Å². The molecule has 4 rings (SSSR count). The maximum atomic E-state index is 12.8. The van der Waals surface area contributed by atoms with Crippen molar-refractivity contribution < 1.29 is 13.2 Å². The highest BCUT2D eigenvalue weighted by atomic mass is 32.2. The van der Waals surface area contributed by atoms with Crippen LogP contribution in [-0.4, -0.2) is 36.7 Å². The monoisotopic (exact) mass is 453 g/mol. The van der Waals surface area contributed by atoms with Crippen LogP contribution < -0.4 is 5.32 Å². The van der Waals surface area contributed by atoms with E-state index in [1.165, 1.54) is 16.1 Å². The van der Waals surface area contributed by atoms with Crippen molar-refractivity contribution in [2.24, 2.45) is 0 Å². The van der Waals surface area contributed by atoms with Crippen LogP contribution >= 0.6 is 11.8 Å². The number of amides is 1. The number of hydrogen-bond acceptors (Lipinski definition) is 5. The van der Waals surface area contributed by atoms with Crippen molar-refractivity contribution in [1.29, 1.82) is 0 Å². The molecule has 160 valence electrons. The van der Waals surface area contributed by atoms with Crippen molar-refractivity contribution >= 4 is 27.7 Å². The molecule has 3 aromatic rings. The Kier molecular flexibility index (Phi) is 6.70. The minimum absolute atomic E-state index is 0.222. The van der Waals surface area contributed by atoms with E-state index in [0.717, 1.165) is 23.3 Å². The van der Waals surface area contributed by atoms with Gasteiger partial charge in [-0.25, -0.2) is 13.4 Å². The Hall–Kier alpha value is -2.68. The largest absolute Gasteiger partial charge is 0.348 e. The standard InChI is InChI=1S/C23H23N3O3S2/c27-22(21-9-6-14-24-23(21)30-19-7-2-1-3-8-19)25-17-18-10-12-20(13-11-18)31(28,29)26-15-4-5-16-26/h1-3,6-14H,4-5,15-17H2,(H,25,27). The molecule has 1 N–H and O–H groups in total. The van der Waals surface area contributed by atoms with E-state index in [9.17, 15) is 13.2 Å². The minimum Gasteiger partial charge on any atom is -0.348 e. The molecule has 1 fully saturated rings. The molecule has 1 aromatic heterocycles. The second kappa shape index (κ2) is 9.64. The van der Waals surface area contributed by atoms with Gasteiger partial charge in [0, 0.05) is 30.7 Å². The summed E-state index contributed by atoms with van der Waals surface area (Å²) in [5, 5.41) is 3.54. The molecular formula is C23H23N3O3S2. The average Bonchev–Trinajstić information content (AvgIpc) is 3.35. The lowest BCUT2D eigenvalue weighted by atomic mass is 10.2. The molecule has 2 heterocycles. The maximum Gasteiger partial charge on any atom is 0.254 e. The van der Waals surface area contributed by atoms with Crippen molar-refractivity contribution in [2.75, 3.05) is 13.1 Å². The highest BCUT2D eigenvalue weighted by Crippen LogP contribution is 2.28. The summed E-state index contributed by atoms with van der Waals surface area (Å²) in [4.78, 5) is 18.4. The molecule has 1 amide bonds. The van der Waals surface area contributed by atoms with Crippen molar-refractivity contribution in [3.8, 4) is 0 Å². The van der Waals surface area contributed by atoms with E-state index >= 15 is 0 Å². The first-order valence-electron chi connectivity index (χ1n) is 10.1. The first-order valence-corrected chi connectivity index (χ1v) is 12.3. The number of pyridine rings is 1. The predicted molar refractivity (Wildman–Crippen MR) is 120 cm³/mol. The summed E-state index contributed by atoms with van der Waals surface area (Å²) in [7, 11) is -3.43. The smallest absolute Gasteiger partial charge is 0.254 e. The van der Waals surface area contributed by atoms with Crippen LogP contribution in [0.25, 0.3) is 0 Å². The second-order valence-electron chi connectivity index (χ2n) is 7.21. The van der Waals surface area contributed by atoms with Crippen LogP contribution in [0.1, 0.15) is 28.8 Å². The third kappa shape index (κ3) is 5.15. The zero-order chi connectivity index (χ0) is 21.7. The van der Waals surface area contributed by atoms with Gasteiger partial charge in [0.2, 0.25) is 10.0 Å². The van der Waals surface area contributed by atoms with Crippen molar-refractivity contribution in [3.05, 3.63) is 84.1 Å². The topological polar surface area (TPSA) is 79.4 Å². The third-order valence-electron chi connectivity index (χ3n) is 5.05. The molecule has 6 nitrogen and oxygen atoms in total. The van der Waals surface area contributed by atoms with E-state index in [-0.39, 0.29) is 5.91 Å². The summed E-state index contributed by atoms with van der Waals surface area (Å²) in [5.41, 5.74) is 1.33. The molecular weight excluding hydrogens is 430 g/mol. The van der Waals surface area contributed by atoms with Crippen LogP contribution in [0, 0.1) is 0 Å². The molecule has 1 saturated heterocycles. The van der Waals surface area contributed by atoms with Crippen LogP contribution in [0.5, 0.6) is 0 Å². The van der Waals surface area contributed by atoms with Gasteiger partial charge in [0.1, 0.15) is 5.03 Å². The van der Waals surface area contributed by atoms with Gasteiger partial charge in [-0.3, -0.25) is 4.79 Å². The van der Waals surface area contributed by atoms with Crippen LogP contribution in [0.4, 0.5) is 0 Å². The number of benzene rings is 2. The highest BCUT2D eigenvalue weighted by Gasteiger charge is 2.26. The predicted octanol–water partition coefficient (Wildman–Crippen LogP) is 3.95. The first kappa shape index (κ1) is 21.5. The molecule has 0 aliphatic carbocycles. The molecule has 0 radical (unpaired) electrons. The molecule has 8 heteroatoms. The molecule has 0 atom stereocenters. The second-order valence-corrected chi connectivity index (χ2v) is 10.2. The van der Waals surface area contributed by atoms with Gasteiger partial charge in [-0.05, 0) is 54.8 Å².